The fraction of sp³-hybridized carbons (Fsp3) is 0.227. The van der Waals surface area contributed by atoms with Crippen molar-refractivity contribution < 1.29 is 27.1 Å². The number of carbonyl (C=O) groups is 1. The van der Waals surface area contributed by atoms with Crippen molar-refractivity contribution in [3.8, 4) is 17.2 Å². The number of rotatable bonds is 6. The Kier molecular flexibility index (Phi) is 5.60. The lowest BCUT2D eigenvalue weighted by Crippen LogP contribution is -2.20. The van der Waals surface area contributed by atoms with Gasteiger partial charge in [0.25, 0.3) is 5.91 Å². The molecule has 1 amide bonds. The van der Waals surface area contributed by atoms with Crippen LogP contribution >= 0.6 is 0 Å². The quantitative estimate of drug-likeness (QED) is 0.427. The largest absolute Gasteiger partial charge is 0.482 e. The summed E-state index contributed by atoms with van der Waals surface area (Å²) >= 11 is 0. The minimum atomic E-state index is -4.50. The average Bonchev–Trinajstić information content (AvgIpc) is 3.41. The normalized spacial score (nSPS) is 11.8. The zero-order chi connectivity index (χ0) is 22.9. The number of ether oxygens (including phenoxy) is 1. The van der Waals surface area contributed by atoms with Crippen molar-refractivity contribution >= 4 is 22.6 Å². The van der Waals surface area contributed by atoms with Crippen molar-refractivity contribution in [3.63, 3.8) is 0 Å². The number of aromatic nitrogens is 3. The third-order valence-corrected chi connectivity index (χ3v) is 4.60. The molecular formula is C22H19F3N4O3. The van der Waals surface area contributed by atoms with E-state index in [1.165, 1.54) is 30.7 Å². The lowest BCUT2D eigenvalue weighted by Gasteiger charge is -2.14. The number of carbonyl (C=O) groups excluding carboxylic acids is 1. The van der Waals surface area contributed by atoms with Gasteiger partial charge in [0.15, 0.2) is 18.0 Å². The molecule has 0 atom stereocenters. The molecule has 1 N–H and O–H groups in total. The number of benzene rings is 1. The summed E-state index contributed by atoms with van der Waals surface area (Å²) in [4.78, 5) is 17.8. The first kappa shape index (κ1) is 21.4. The maximum Gasteiger partial charge on any atom is 0.422 e. The molecule has 0 saturated carbocycles. The highest BCUT2D eigenvalue weighted by Gasteiger charge is 2.29. The van der Waals surface area contributed by atoms with Crippen LogP contribution in [0.15, 0.2) is 59.3 Å². The van der Waals surface area contributed by atoms with Crippen molar-refractivity contribution in [2.24, 2.45) is 0 Å². The third kappa shape index (κ3) is 4.43. The lowest BCUT2D eigenvalue weighted by molar-refractivity contribution is -0.153. The van der Waals surface area contributed by atoms with Gasteiger partial charge in [-0.2, -0.15) is 18.3 Å². The molecule has 4 rings (SSSR count). The number of hydrogen-bond acceptors (Lipinski definition) is 5. The van der Waals surface area contributed by atoms with Crippen LogP contribution in [0.4, 0.5) is 18.9 Å². The molecule has 3 heterocycles. The Labute approximate surface area is 180 Å². The Hall–Kier alpha value is -3.82. The first-order valence-electron chi connectivity index (χ1n) is 9.75. The lowest BCUT2D eigenvalue weighted by atomic mass is 10.1. The highest BCUT2D eigenvalue weighted by atomic mass is 19.4. The molecule has 0 unspecified atom stereocenters. The molecule has 0 fully saturated rings. The summed E-state index contributed by atoms with van der Waals surface area (Å²) in [6, 6.07) is 10.9. The van der Waals surface area contributed by atoms with Crippen LogP contribution in [0.25, 0.3) is 22.5 Å². The van der Waals surface area contributed by atoms with E-state index in [1.54, 1.807) is 28.9 Å². The van der Waals surface area contributed by atoms with Crippen molar-refractivity contribution in [1.82, 2.24) is 14.8 Å². The van der Waals surface area contributed by atoms with Crippen LogP contribution in [0.3, 0.4) is 0 Å². The molecule has 0 aliphatic rings. The highest BCUT2D eigenvalue weighted by molar-refractivity contribution is 6.13. The molecule has 0 saturated heterocycles. The molecule has 32 heavy (non-hydrogen) atoms. The second-order valence-electron chi connectivity index (χ2n) is 7.31. The molecule has 4 aromatic rings. The molecule has 166 valence electrons. The van der Waals surface area contributed by atoms with E-state index in [1.807, 2.05) is 13.8 Å². The smallest absolute Gasteiger partial charge is 0.422 e. The Morgan fingerprint density at radius 3 is 2.69 bits per heavy atom. The van der Waals surface area contributed by atoms with Gasteiger partial charge < -0.3 is 14.5 Å². The van der Waals surface area contributed by atoms with E-state index in [-0.39, 0.29) is 23.0 Å². The molecule has 7 nitrogen and oxygen atoms in total. The Morgan fingerprint density at radius 1 is 1.22 bits per heavy atom. The van der Waals surface area contributed by atoms with Crippen LogP contribution in [0.1, 0.15) is 30.2 Å². The monoisotopic (exact) mass is 444 g/mol. The fourth-order valence-corrected chi connectivity index (χ4v) is 3.18. The van der Waals surface area contributed by atoms with Crippen molar-refractivity contribution in [1.29, 1.82) is 0 Å². The summed E-state index contributed by atoms with van der Waals surface area (Å²) in [6.45, 7) is 2.40. The van der Waals surface area contributed by atoms with Gasteiger partial charge in [-0.3, -0.25) is 4.79 Å². The maximum atomic E-state index is 13.2. The van der Waals surface area contributed by atoms with Crippen LogP contribution < -0.4 is 10.1 Å². The van der Waals surface area contributed by atoms with Crippen molar-refractivity contribution in [3.05, 3.63) is 60.5 Å². The second-order valence-corrected chi connectivity index (χ2v) is 7.31. The Balaban J connectivity index is 1.73. The van der Waals surface area contributed by atoms with Crippen LogP contribution in [0.5, 0.6) is 5.75 Å². The molecule has 10 heteroatoms. The number of anilines is 1. The van der Waals surface area contributed by atoms with E-state index >= 15 is 0 Å². The number of nitrogens with one attached hydrogen (secondary N) is 1. The van der Waals surface area contributed by atoms with Gasteiger partial charge in [-0.05, 0) is 44.2 Å². The Morgan fingerprint density at radius 2 is 2.00 bits per heavy atom. The van der Waals surface area contributed by atoms with Crippen molar-refractivity contribution in [2.75, 3.05) is 11.9 Å². The fourth-order valence-electron chi connectivity index (χ4n) is 3.18. The first-order valence-corrected chi connectivity index (χ1v) is 9.75. The van der Waals surface area contributed by atoms with Crippen LogP contribution in [-0.4, -0.2) is 33.5 Å². The molecule has 3 aromatic heterocycles. The summed E-state index contributed by atoms with van der Waals surface area (Å²) in [7, 11) is 0. The number of para-hydroxylation sites is 2. The Bertz CT molecular complexity index is 1250. The van der Waals surface area contributed by atoms with E-state index in [4.69, 9.17) is 9.15 Å². The van der Waals surface area contributed by atoms with Gasteiger partial charge in [0.2, 0.25) is 0 Å². The van der Waals surface area contributed by atoms with E-state index in [0.29, 0.717) is 22.5 Å². The molecule has 0 aliphatic heterocycles. The van der Waals surface area contributed by atoms with Crippen LogP contribution in [0.2, 0.25) is 0 Å². The number of nitrogens with zero attached hydrogens (tertiary/aromatic N) is 3. The number of alkyl halides is 3. The van der Waals surface area contributed by atoms with Gasteiger partial charge in [-0.25, -0.2) is 9.67 Å². The second kappa shape index (κ2) is 8.37. The van der Waals surface area contributed by atoms with Crippen molar-refractivity contribution in [2.45, 2.75) is 26.1 Å². The molecule has 0 spiro atoms. The summed E-state index contributed by atoms with van der Waals surface area (Å²) in [5, 5.41) is 7.47. The van der Waals surface area contributed by atoms with E-state index < -0.39 is 18.7 Å². The molecule has 1 aromatic carbocycles. The topological polar surface area (TPSA) is 82.2 Å². The van der Waals surface area contributed by atoms with Gasteiger partial charge >= 0.3 is 6.18 Å². The zero-order valence-electron chi connectivity index (χ0n) is 17.2. The van der Waals surface area contributed by atoms with Crippen LogP contribution in [0, 0.1) is 0 Å². The summed E-state index contributed by atoms with van der Waals surface area (Å²) in [5.41, 5.74) is 1.28. The van der Waals surface area contributed by atoms with Gasteiger partial charge in [0.05, 0.1) is 29.1 Å². The standard InChI is InChI=1S/C22H19F3N4O3/c1-13(2)29-20-15(11-26-29)14(10-17(27-20)19-8-5-9-31-19)21(30)28-16-6-3-4-7-18(16)32-12-22(23,24)25/h3-11,13H,12H2,1-2H3,(H,28,30). The number of fused-ring (bicyclic) bond motifs is 1. The summed E-state index contributed by atoms with van der Waals surface area (Å²) in [5.74, 6) is -0.171. The maximum absolute atomic E-state index is 13.2. The van der Waals surface area contributed by atoms with Gasteiger partial charge in [-0.15, -0.1) is 0 Å². The first-order chi connectivity index (χ1) is 15.2. The SMILES string of the molecule is CC(C)n1ncc2c(C(=O)Nc3ccccc3OCC(F)(F)F)cc(-c3ccco3)nc21. The predicted molar refractivity (Wildman–Crippen MR) is 112 cm³/mol. The number of pyridine rings is 1. The number of halogens is 3. The summed E-state index contributed by atoms with van der Waals surface area (Å²) < 4.78 is 49.7. The van der Waals surface area contributed by atoms with Crippen LogP contribution in [-0.2, 0) is 0 Å². The minimum absolute atomic E-state index is 0.0146. The van der Waals surface area contributed by atoms with E-state index in [0.717, 1.165) is 0 Å². The van der Waals surface area contributed by atoms with Gasteiger partial charge in [0.1, 0.15) is 11.4 Å². The molecule has 0 radical (unpaired) electrons. The zero-order valence-corrected chi connectivity index (χ0v) is 17.2. The van der Waals surface area contributed by atoms with Gasteiger partial charge in [-0.1, -0.05) is 12.1 Å². The van der Waals surface area contributed by atoms with E-state index in [2.05, 4.69) is 15.4 Å². The highest BCUT2D eigenvalue weighted by Crippen LogP contribution is 2.30. The average molecular weight is 444 g/mol. The van der Waals surface area contributed by atoms with E-state index in [9.17, 15) is 18.0 Å². The van der Waals surface area contributed by atoms with Gasteiger partial charge in [0, 0.05) is 6.04 Å². The molecule has 0 aliphatic carbocycles. The number of hydrogen-bond donors (Lipinski definition) is 1. The predicted octanol–water partition coefficient (Wildman–Crippen LogP) is 5.47. The summed E-state index contributed by atoms with van der Waals surface area (Å²) in [6.07, 6.45) is -1.47. The number of amides is 1. The molecular weight excluding hydrogens is 425 g/mol. The number of furan rings is 1. The third-order valence-electron chi connectivity index (χ3n) is 4.60. The molecule has 0 bridgehead atoms. The minimum Gasteiger partial charge on any atom is -0.482 e.